The van der Waals surface area contributed by atoms with Gasteiger partial charge in [-0.15, -0.1) is 0 Å². The first-order chi connectivity index (χ1) is 11.6. The van der Waals surface area contributed by atoms with Crippen LogP contribution in [0, 0.1) is 17.2 Å². The SMILES string of the molecule is CCOC(=O)C1CCC(C#N)(c2ccc(OC)c3c2OCO3)CC1. The molecule has 1 aliphatic carbocycles. The summed E-state index contributed by atoms with van der Waals surface area (Å²) in [5.74, 6) is 1.45. The van der Waals surface area contributed by atoms with E-state index in [2.05, 4.69) is 6.07 Å². The predicted octanol–water partition coefficient (Wildman–Crippen LogP) is 2.94. The highest BCUT2D eigenvalue weighted by Gasteiger charge is 2.43. The maximum Gasteiger partial charge on any atom is 0.308 e. The molecule has 1 saturated carbocycles. The zero-order valence-electron chi connectivity index (χ0n) is 14.0. The molecular weight excluding hydrogens is 310 g/mol. The van der Waals surface area contributed by atoms with Crippen molar-refractivity contribution in [1.29, 1.82) is 5.26 Å². The lowest BCUT2D eigenvalue weighted by Crippen LogP contribution is -2.33. The summed E-state index contributed by atoms with van der Waals surface area (Å²) in [6, 6.07) is 6.14. The number of ether oxygens (including phenoxy) is 4. The standard InChI is InChI=1S/C18H21NO5/c1-3-22-17(20)12-6-8-18(10-19,9-7-12)13-4-5-14(21-2)16-15(13)23-11-24-16/h4-5,12H,3,6-9,11H2,1-2H3. The van der Waals surface area contributed by atoms with Gasteiger partial charge in [-0.2, -0.15) is 5.26 Å². The van der Waals surface area contributed by atoms with Crippen LogP contribution in [0.5, 0.6) is 17.2 Å². The number of methoxy groups -OCH3 is 1. The second kappa shape index (κ2) is 6.60. The number of carbonyl (C=O) groups excluding carboxylic acids is 1. The van der Waals surface area contributed by atoms with Gasteiger partial charge in [0.1, 0.15) is 0 Å². The largest absolute Gasteiger partial charge is 0.493 e. The molecule has 1 fully saturated rings. The fourth-order valence-corrected chi connectivity index (χ4v) is 3.56. The molecule has 6 nitrogen and oxygen atoms in total. The van der Waals surface area contributed by atoms with E-state index in [9.17, 15) is 10.1 Å². The van der Waals surface area contributed by atoms with Gasteiger partial charge in [0.2, 0.25) is 12.5 Å². The van der Waals surface area contributed by atoms with E-state index in [-0.39, 0.29) is 18.7 Å². The molecule has 3 rings (SSSR count). The Morgan fingerprint density at radius 2 is 2.04 bits per heavy atom. The average Bonchev–Trinajstić information content (AvgIpc) is 3.11. The van der Waals surface area contributed by atoms with Gasteiger partial charge in [-0.1, -0.05) is 0 Å². The number of nitriles is 1. The maximum absolute atomic E-state index is 11.9. The zero-order chi connectivity index (χ0) is 17.2. The Bertz CT molecular complexity index is 671. The molecule has 1 aromatic carbocycles. The molecule has 0 bridgehead atoms. The van der Waals surface area contributed by atoms with Gasteiger partial charge in [-0.05, 0) is 44.7 Å². The molecule has 0 N–H and O–H groups in total. The smallest absolute Gasteiger partial charge is 0.308 e. The van der Waals surface area contributed by atoms with Gasteiger partial charge in [-0.3, -0.25) is 4.79 Å². The van der Waals surface area contributed by atoms with Crippen LogP contribution in [0.3, 0.4) is 0 Å². The summed E-state index contributed by atoms with van der Waals surface area (Å²) in [5.41, 5.74) is 0.146. The lowest BCUT2D eigenvalue weighted by Gasteiger charge is -2.34. The number of benzene rings is 1. The van der Waals surface area contributed by atoms with Crippen LogP contribution in [0.4, 0.5) is 0 Å². The van der Waals surface area contributed by atoms with Gasteiger partial charge in [0, 0.05) is 5.56 Å². The van der Waals surface area contributed by atoms with E-state index < -0.39 is 5.41 Å². The van der Waals surface area contributed by atoms with Crippen LogP contribution in [0.25, 0.3) is 0 Å². The van der Waals surface area contributed by atoms with E-state index in [1.165, 1.54) is 0 Å². The number of hydrogen-bond acceptors (Lipinski definition) is 6. The van der Waals surface area contributed by atoms with Crippen molar-refractivity contribution < 1.29 is 23.7 Å². The van der Waals surface area contributed by atoms with E-state index >= 15 is 0 Å². The van der Waals surface area contributed by atoms with Crippen LogP contribution in [0.2, 0.25) is 0 Å². The van der Waals surface area contributed by atoms with Gasteiger partial charge >= 0.3 is 5.97 Å². The van der Waals surface area contributed by atoms with Crippen LogP contribution in [-0.2, 0) is 14.9 Å². The second-order valence-electron chi connectivity index (χ2n) is 6.10. The number of nitrogens with zero attached hydrogens (tertiary/aromatic N) is 1. The summed E-state index contributed by atoms with van der Waals surface area (Å²) >= 11 is 0. The fourth-order valence-electron chi connectivity index (χ4n) is 3.56. The molecule has 0 unspecified atom stereocenters. The Labute approximate surface area is 141 Å². The van der Waals surface area contributed by atoms with Crippen LogP contribution in [-0.4, -0.2) is 26.5 Å². The Kier molecular flexibility index (Phi) is 4.52. The van der Waals surface area contributed by atoms with Crippen molar-refractivity contribution in [3.63, 3.8) is 0 Å². The molecule has 1 aliphatic heterocycles. The summed E-state index contributed by atoms with van der Waals surface area (Å²) in [4.78, 5) is 11.9. The lowest BCUT2D eigenvalue weighted by atomic mass is 9.67. The van der Waals surface area contributed by atoms with Gasteiger partial charge in [0.05, 0.1) is 31.1 Å². The topological polar surface area (TPSA) is 77.8 Å². The molecule has 0 spiro atoms. The number of esters is 1. The van der Waals surface area contributed by atoms with Crippen LogP contribution < -0.4 is 14.2 Å². The highest BCUT2D eigenvalue weighted by Crippen LogP contribution is 2.51. The third-order valence-electron chi connectivity index (χ3n) is 4.89. The molecule has 1 aromatic rings. The van der Waals surface area contributed by atoms with Crippen molar-refractivity contribution in [2.75, 3.05) is 20.5 Å². The van der Waals surface area contributed by atoms with E-state index in [0.717, 1.165) is 5.56 Å². The number of rotatable bonds is 4. The van der Waals surface area contributed by atoms with E-state index in [1.807, 2.05) is 6.07 Å². The molecule has 0 atom stereocenters. The van der Waals surface area contributed by atoms with Crippen molar-refractivity contribution in [2.24, 2.45) is 5.92 Å². The highest BCUT2D eigenvalue weighted by molar-refractivity contribution is 5.72. The van der Waals surface area contributed by atoms with Crippen molar-refractivity contribution in [1.82, 2.24) is 0 Å². The van der Waals surface area contributed by atoms with Crippen LogP contribution in [0.15, 0.2) is 12.1 Å². The predicted molar refractivity (Wildman–Crippen MR) is 85.0 cm³/mol. The van der Waals surface area contributed by atoms with Crippen molar-refractivity contribution in [3.05, 3.63) is 17.7 Å². The Morgan fingerprint density at radius 3 is 2.67 bits per heavy atom. The molecule has 0 amide bonds. The first-order valence-electron chi connectivity index (χ1n) is 8.20. The Hall–Kier alpha value is -2.42. The van der Waals surface area contributed by atoms with Crippen LogP contribution >= 0.6 is 0 Å². The number of hydrogen-bond donors (Lipinski definition) is 0. The van der Waals surface area contributed by atoms with Crippen molar-refractivity contribution >= 4 is 5.97 Å². The van der Waals surface area contributed by atoms with Crippen molar-refractivity contribution in [3.8, 4) is 23.3 Å². The molecule has 6 heteroatoms. The van der Waals surface area contributed by atoms with Crippen LogP contribution in [0.1, 0.15) is 38.2 Å². The summed E-state index contributed by atoms with van der Waals surface area (Å²) in [7, 11) is 1.57. The molecule has 0 aromatic heterocycles. The fraction of sp³-hybridized carbons (Fsp3) is 0.556. The van der Waals surface area contributed by atoms with Gasteiger partial charge in [0.15, 0.2) is 11.5 Å². The molecule has 0 radical (unpaired) electrons. The Morgan fingerprint density at radius 1 is 1.33 bits per heavy atom. The van der Waals surface area contributed by atoms with E-state index in [1.54, 1.807) is 20.1 Å². The Balaban J connectivity index is 1.88. The highest BCUT2D eigenvalue weighted by atomic mass is 16.7. The minimum Gasteiger partial charge on any atom is -0.493 e. The average molecular weight is 331 g/mol. The molecular formula is C18H21NO5. The first-order valence-corrected chi connectivity index (χ1v) is 8.20. The molecule has 2 aliphatic rings. The summed E-state index contributed by atoms with van der Waals surface area (Å²) in [6.07, 6.45) is 2.45. The third-order valence-corrected chi connectivity index (χ3v) is 4.89. The van der Waals surface area contributed by atoms with Gasteiger partial charge in [-0.25, -0.2) is 0 Å². The zero-order valence-corrected chi connectivity index (χ0v) is 14.0. The first kappa shape index (κ1) is 16.4. The molecule has 128 valence electrons. The summed E-state index contributed by atoms with van der Waals surface area (Å²) in [6.45, 7) is 2.31. The number of carbonyl (C=O) groups is 1. The van der Waals surface area contributed by atoms with Gasteiger partial charge in [0.25, 0.3) is 0 Å². The number of fused-ring (bicyclic) bond motifs is 1. The maximum atomic E-state index is 11.9. The molecule has 0 saturated heterocycles. The van der Waals surface area contributed by atoms with E-state index in [4.69, 9.17) is 18.9 Å². The van der Waals surface area contributed by atoms with Gasteiger partial charge < -0.3 is 18.9 Å². The normalized spacial score (nSPS) is 25.0. The summed E-state index contributed by atoms with van der Waals surface area (Å²) in [5, 5.41) is 9.89. The molecule has 24 heavy (non-hydrogen) atoms. The van der Waals surface area contributed by atoms with E-state index in [0.29, 0.717) is 49.5 Å². The molecule has 1 heterocycles. The second-order valence-corrected chi connectivity index (χ2v) is 6.10. The monoisotopic (exact) mass is 331 g/mol. The van der Waals surface area contributed by atoms with Crippen molar-refractivity contribution in [2.45, 2.75) is 38.0 Å². The quantitative estimate of drug-likeness (QED) is 0.789. The minimum atomic E-state index is -0.674. The minimum absolute atomic E-state index is 0.121. The summed E-state index contributed by atoms with van der Waals surface area (Å²) < 4.78 is 21.5. The third kappa shape index (κ3) is 2.64. The lowest BCUT2D eigenvalue weighted by molar-refractivity contribution is -0.149.